The van der Waals surface area contributed by atoms with Gasteiger partial charge in [0.25, 0.3) is 0 Å². The molecule has 5 heteroatoms. The molecule has 4 nitrogen and oxygen atoms in total. The maximum atomic E-state index is 11.2. The molecule has 0 unspecified atom stereocenters. The molecular weight excluding hydrogens is 224 g/mol. The number of nitrogens with zero attached hydrogens (tertiary/aromatic N) is 1. The van der Waals surface area contributed by atoms with E-state index in [1.165, 1.54) is 38.4 Å². The van der Waals surface area contributed by atoms with Gasteiger partial charge >= 0.3 is 0 Å². The van der Waals surface area contributed by atoms with Crippen LogP contribution in [0.15, 0.2) is 0 Å². The van der Waals surface area contributed by atoms with Gasteiger partial charge in [-0.25, -0.2) is 8.42 Å². The van der Waals surface area contributed by atoms with Crippen LogP contribution in [0.2, 0.25) is 0 Å². The third-order valence-electron chi connectivity index (χ3n) is 3.26. The Kier molecular flexibility index (Phi) is 5.72. The van der Waals surface area contributed by atoms with E-state index in [0.29, 0.717) is 19.1 Å². The number of rotatable bonds is 6. The molecule has 0 bridgehead atoms. The van der Waals surface area contributed by atoms with E-state index >= 15 is 0 Å². The Morgan fingerprint density at radius 2 is 1.81 bits per heavy atom. The normalized spacial score (nSPS) is 19.2. The van der Waals surface area contributed by atoms with Crippen molar-refractivity contribution in [2.24, 2.45) is 5.73 Å². The van der Waals surface area contributed by atoms with E-state index in [4.69, 9.17) is 5.73 Å². The van der Waals surface area contributed by atoms with Crippen LogP contribution >= 0.6 is 0 Å². The van der Waals surface area contributed by atoms with Gasteiger partial charge in [-0.1, -0.05) is 19.3 Å². The molecule has 0 heterocycles. The summed E-state index contributed by atoms with van der Waals surface area (Å²) >= 11 is 0. The molecule has 1 fully saturated rings. The molecule has 1 aliphatic rings. The van der Waals surface area contributed by atoms with Crippen LogP contribution in [-0.4, -0.2) is 51.0 Å². The summed E-state index contributed by atoms with van der Waals surface area (Å²) in [6.07, 6.45) is 7.55. The number of sulfone groups is 1. The molecule has 16 heavy (non-hydrogen) atoms. The highest BCUT2D eigenvalue weighted by atomic mass is 32.2. The van der Waals surface area contributed by atoms with Crippen LogP contribution in [-0.2, 0) is 9.84 Å². The van der Waals surface area contributed by atoms with Gasteiger partial charge in [0.2, 0.25) is 0 Å². The largest absolute Gasteiger partial charge is 0.329 e. The van der Waals surface area contributed by atoms with Crippen LogP contribution in [0.4, 0.5) is 0 Å². The summed E-state index contributed by atoms with van der Waals surface area (Å²) < 4.78 is 22.3. The highest BCUT2D eigenvalue weighted by molar-refractivity contribution is 7.90. The van der Waals surface area contributed by atoms with Gasteiger partial charge in [-0.05, 0) is 12.8 Å². The fraction of sp³-hybridized carbons (Fsp3) is 1.00. The van der Waals surface area contributed by atoms with Crippen molar-refractivity contribution in [3.63, 3.8) is 0 Å². The minimum absolute atomic E-state index is 0.253. The molecule has 0 spiro atoms. The number of hydrogen-bond acceptors (Lipinski definition) is 4. The average Bonchev–Trinajstić information content (AvgIpc) is 2.24. The molecule has 0 aromatic rings. The average molecular weight is 248 g/mol. The standard InChI is InChI=1S/C11H24N2O2S/c1-16(14,15)10-9-13(8-7-12)11-5-3-2-4-6-11/h11H,2-10,12H2,1H3. The summed E-state index contributed by atoms with van der Waals surface area (Å²) in [5.41, 5.74) is 5.58. The fourth-order valence-electron chi connectivity index (χ4n) is 2.37. The summed E-state index contributed by atoms with van der Waals surface area (Å²) in [5, 5.41) is 0. The van der Waals surface area contributed by atoms with Crippen molar-refractivity contribution in [2.75, 3.05) is 31.6 Å². The zero-order valence-electron chi connectivity index (χ0n) is 10.2. The van der Waals surface area contributed by atoms with Gasteiger partial charge in [-0.2, -0.15) is 0 Å². The molecule has 0 atom stereocenters. The Bertz CT molecular complexity index is 284. The summed E-state index contributed by atoms with van der Waals surface area (Å²) in [4.78, 5) is 2.26. The third kappa shape index (κ3) is 5.27. The molecule has 1 rings (SSSR count). The van der Waals surface area contributed by atoms with E-state index in [9.17, 15) is 8.42 Å². The molecular formula is C11H24N2O2S. The van der Waals surface area contributed by atoms with Crippen LogP contribution < -0.4 is 5.73 Å². The molecule has 1 aliphatic carbocycles. The van der Waals surface area contributed by atoms with Crippen molar-refractivity contribution in [1.29, 1.82) is 0 Å². The van der Waals surface area contributed by atoms with Crippen LogP contribution in [0.5, 0.6) is 0 Å². The van der Waals surface area contributed by atoms with E-state index in [0.717, 1.165) is 6.54 Å². The third-order valence-corrected chi connectivity index (χ3v) is 4.18. The molecule has 96 valence electrons. The molecule has 0 aromatic heterocycles. The van der Waals surface area contributed by atoms with Crippen LogP contribution in [0.1, 0.15) is 32.1 Å². The first-order valence-electron chi connectivity index (χ1n) is 6.15. The molecule has 0 amide bonds. The second-order valence-electron chi connectivity index (χ2n) is 4.75. The van der Waals surface area contributed by atoms with Crippen molar-refractivity contribution in [3.05, 3.63) is 0 Å². The first kappa shape index (κ1) is 13.9. The summed E-state index contributed by atoms with van der Waals surface area (Å²) in [6, 6.07) is 0.555. The Balaban J connectivity index is 2.45. The summed E-state index contributed by atoms with van der Waals surface area (Å²) in [7, 11) is -2.86. The van der Waals surface area contributed by atoms with Crippen molar-refractivity contribution < 1.29 is 8.42 Å². The Morgan fingerprint density at radius 3 is 2.31 bits per heavy atom. The first-order chi connectivity index (χ1) is 7.53. The topological polar surface area (TPSA) is 63.4 Å². The lowest BCUT2D eigenvalue weighted by Gasteiger charge is -2.33. The first-order valence-corrected chi connectivity index (χ1v) is 8.21. The molecule has 0 aliphatic heterocycles. The van der Waals surface area contributed by atoms with Crippen molar-refractivity contribution in [1.82, 2.24) is 4.90 Å². The minimum atomic E-state index is -2.86. The Morgan fingerprint density at radius 1 is 1.19 bits per heavy atom. The molecule has 0 radical (unpaired) electrons. The molecule has 0 aromatic carbocycles. The Hall–Kier alpha value is -0.130. The van der Waals surface area contributed by atoms with Gasteiger partial charge in [0.15, 0.2) is 0 Å². The van der Waals surface area contributed by atoms with Gasteiger partial charge in [0.1, 0.15) is 9.84 Å². The van der Waals surface area contributed by atoms with Gasteiger partial charge in [0, 0.05) is 31.9 Å². The smallest absolute Gasteiger partial charge is 0.148 e. The second-order valence-corrected chi connectivity index (χ2v) is 7.01. The SMILES string of the molecule is CS(=O)(=O)CCN(CCN)C1CCCCC1. The minimum Gasteiger partial charge on any atom is -0.329 e. The van der Waals surface area contributed by atoms with E-state index in [2.05, 4.69) is 4.90 Å². The lowest BCUT2D eigenvalue weighted by Crippen LogP contribution is -2.42. The highest BCUT2D eigenvalue weighted by Crippen LogP contribution is 2.22. The van der Waals surface area contributed by atoms with E-state index < -0.39 is 9.84 Å². The summed E-state index contributed by atoms with van der Waals surface area (Å²) in [6.45, 7) is 2.07. The molecule has 0 saturated heterocycles. The van der Waals surface area contributed by atoms with Crippen molar-refractivity contribution in [3.8, 4) is 0 Å². The summed E-state index contributed by atoms with van der Waals surface area (Å²) in [5.74, 6) is 0.253. The number of hydrogen-bond donors (Lipinski definition) is 1. The van der Waals surface area contributed by atoms with Crippen molar-refractivity contribution in [2.45, 2.75) is 38.1 Å². The van der Waals surface area contributed by atoms with Gasteiger partial charge < -0.3 is 5.73 Å². The van der Waals surface area contributed by atoms with E-state index in [1.54, 1.807) is 0 Å². The van der Waals surface area contributed by atoms with Crippen molar-refractivity contribution >= 4 is 9.84 Å². The predicted molar refractivity (Wildman–Crippen MR) is 67.2 cm³/mol. The lowest BCUT2D eigenvalue weighted by atomic mass is 9.94. The monoisotopic (exact) mass is 248 g/mol. The lowest BCUT2D eigenvalue weighted by molar-refractivity contribution is 0.169. The molecule has 1 saturated carbocycles. The van der Waals surface area contributed by atoms with E-state index in [1.807, 2.05) is 0 Å². The zero-order chi connectivity index (χ0) is 12.0. The molecule has 2 N–H and O–H groups in total. The quantitative estimate of drug-likeness (QED) is 0.748. The highest BCUT2D eigenvalue weighted by Gasteiger charge is 2.21. The van der Waals surface area contributed by atoms with E-state index in [-0.39, 0.29) is 5.75 Å². The van der Waals surface area contributed by atoms with Gasteiger partial charge in [0.05, 0.1) is 5.75 Å². The maximum absolute atomic E-state index is 11.2. The van der Waals surface area contributed by atoms with Gasteiger partial charge in [-0.3, -0.25) is 4.90 Å². The van der Waals surface area contributed by atoms with Crippen LogP contribution in [0.3, 0.4) is 0 Å². The Labute approximate surface area is 99.1 Å². The van der Waals surface area contributed by atoms with Crippen LogP contribution in [0, 0.1) is 0 Å². The second kappa shape index (κ2) is 6.57. The van der Waals surface area contributed by atoms with Crippen LogP contribution in [0.25, 0.3) is 0 Å². The number of nitrogens with two attached hydrogens (primary N) is 1. The zero-order valence-corrected chi connectivity index (χ0v) is 11.0. The predicted octanol–water partition coefficient (Wildman–Crippen LogP) is 0.624. The van der Waals surface area contributed by atoms with Gasteiger partial charge in [-0.15, -0.1) is 0 Å². The fourth-order valence-corrected chi connectivity index (χ4v) is 2.94. The maximum Gasteiger partial charge on any atom is 0.148 e.